The second kappa shape index (κ2) is 7.16. The summed E-state index contributed by atoms with van der Waals surface area (Å²) in [4.78, 5) is 0. The van der Waals surface area contributed by atoms with Crippen LogP contribution in [0.15, 0.2) is 42.5 Å². The molecule has 19 heavy (non-hydrogen) atoms. The lowest BCUT2D eigenvalue weighted by atomic mass is 10.2. The van der Waals surface area contributed by atoms with Gasteiger partial charge in [-0.15, -0.1) is 0 Å². The van der Waals surface area contributed by atoms with E-state index in [4.69, 9.17) is 14.6 Å². The molecule has 2 rings (SSSR count). The molecule has 0 spiro atoms. The lowest BCUT2D eigenvalue weighted by molar-refractivity contribution is 0.340. The van der Waals surface area contributed by atoms with Crippen molar-refractivity contribution in [3.63, 3.8) is 0 Å². The number of aryl methyl sites for hydroxylation is 1. The van der Waals surface area contributed by atoms with Crippen molar-refractivity contribution in [3.8, 4) is 23.0 Å². The van der Waals surface area contributed by atoms with Gasteiger partial charge in [0.1, 0.15) is 5.75 Å². The Morgan fingerprint density at radius 2 is 1.37 bits per heavy atom. The molecular formula is C15H18O4. The van der Waals surface area contributed by atoms with Crippen LogP contribution in [0.2, 0.25) is 0 Å². The van der Waals surface area contributed by atoms with E-state index in [0.29, 0.717) is 17.2 Å². The highest BCUT2D eigenvalue weighted by Crippen LogP contribution is 2.34. The molecule has 4 heteroatoms. The van der Waals surface area contributed by atoms with Crippen LogP contribution >= 0.6 is 0 Å². The maximum absolute atomic E-state index is 9.34. The molecule has 102 valence electrons. The summed E-state index contributed by atoms with van der Waals surface area (Å²) >= 11 is 0. The van der Waals surface area contributed by atoms with Gasteiger partial charge in [0.15, 0.2) is 11.5 Å². The van der Waals surface area contributed by atoms with Crippen molar-refractivity contribution in [3.05, 3.63) is 48.0 Å². The van der Waals surface area contributed by atoms with Crippen LogP contribution in [0.5, 0.6) is 23.0 Å². The van der Waals surface area contributed by atoms with E-state index < -0.39 is 0 Å². The van der Waals surface area contributed by atoms with Gasteiger partial charge in [0.2, 0.25) is 5.75 Å². The highest BCUT2D eigenvalue weighted by Gasteiger charge is 2.05. The molecule has 0 radical (unpaired) electrons. The van der Waals surface area contributed by atoms with E-state index in [9.17, 15) is 5.11 Å². The molecule has 0 aliphatic rings. The fourth-order valence-corrected chi connectivity index (χ4v) is 1.46. The molecule has 0 aliphatic heterocycles. The van der Waals surface area contributed by atoms with Crippen molar-refractivity contribution in [1.82, 2.24) is 0 Å². The minimum Gasteiger partial charge on any atom is -0.508 e. The number of rotatable bonds is 2. The molecule has 4 nitrogen and oxygen atoms in total. The van der Waals surface area contributed by atoms with E-state index >= 15 is 0 Å². The van der Waals surface area contributed by atoms with E-state index in [0.717, 1.165) is 5.56 Å². The molecule has 2 N–H and O–H groups in total. The molecule has 0 fully saturated rings. The average molecular weight is 262 g/mol. The van der Waals surface area contributed by atoms with Crippen LogP contribution in [0, 0.1) is 6.92 Å². The van der Waals surface area contributed by atoms with Gasteiger partial charge in [-0.3, -0.25) is 0 Å². The van der Waals surface area contributed by atoms with Crippen LogP contribution < -0.4 is 9.47 Å². The van der Waals surface area contributed by atoms with Gasteiger partial charge >= 0.3 is 0 Å². The Morgan fingerprint density at radius 1 is 0.842 bits per heavy atom. The van der Waals surface area contributed by atoms with Gasteiger partial charge in [-0.2, -0.15) is 0 Å². The Kier molecular flexibility index (Phi) is 5.54. The third kappa shape index (κ3) is 4.43. The summed E-state index contributed by atoms with van der Waals surface area (Å²) in [5.74, 6) is 1.22. The number of hydrogen-bond donors (Lipinski definition) is 2. The first-order chi connectivity index (χ1) is 9.08. The Bertz CT molecular complexity index is 484. The van der Waals surface area contributed by atoms with Crippen LogP contribution in [0.4, 0.5) is 0 Å². The minimum absolute atomic E-state index is 0.0394. The highest BCUT2D eigenvalue weighted by molar-refractivity contribution is 5.49. The maximum atomic E-state index is 9.34. The van der Waals surface area contributed by atoms with Gasteiger partial charge in [-0.25, -0.2) is 0 Å². The third-order valence-electron chi connectivity index (χ3n) is 2.40. The Hall–Kier alpha value is -2.36. The van der Waals surface area contributed by atoms with Crippen LogP contribution in [0.25, 0.3) is 0 Å². The predicted octanol–water partition coefficient (Wildman–Crippen LogP) is 3.11. The topological polar surface area (TPSA) is 58.9 Å². The van der Waals surface area contributed by atoms with Crippen LogP contribution in [-0.2, 0) is 0 Å². The van der Waals surface area contributed by atoms with Crippen molar-refractivity contribution in [2.24, 2.45) is 0 Å². The van der Waals surface area contributed by atoms with E-state index in [1.807, 2.05) is 19.1 Å². The molecule has 0 aromatic heterocycles. The lowest BCUT2D eigenvalue weighted by Crippen LogP contribution is -1.87. The monoisotopic (exact) mass is 262 g/mol. The molecule has 0 heterocycles. The summed E-state index contributed by atoms with van der Waals surface area (Å²) in [5.41, 5.74) is 1.09. The zero-order chi connectivity index (χ0) is 14.3. The summed E-state index contributed by atoms with van der Waals surface area (Å²) in [6, 6.07) is 12.2. The molecule has 2 aromatic carbocycles. The molecule has 0 amide bonds. The standard InChI is InChI=1S/C8H10O3.C7H8O/c1-10-6-4-3-5-7(11-2)8(6)9;1-6-3-2-4-7(8)5-6/h3-5,9H,1-2H3;2-5,8H,1H3. The quantitative estimate of drug-likeness (QED) is 0.873. The largest absolute Gasteiger partial charge is 0.508 e. The van der Waals surface area contributed by atoms with E-state index in [-0.39, 0.29) is 5.75 Å². The molecule has 0 unspecified atom stereocenters. The summed E-state index contributed by atoms with van der Waals surface area (Å²) in [6.07, 6.45) is 0. The molecule has 2 aromatic rings. The summed E-state index contributed by atoms with van der Waals surface area (Å²) in [6.45, 7) is 1.94. The molecular weight excluding hydrogens is 244 g/mol. The fourth-order valence-electron chi connectivity index (χ4n) is 1.46. The first-order valence-corrected chi connectivity index (χ1v) is 5.74. The first-order valence-electron chi connectivity index (χ1n) is 5.74. The Labute approximate surface area is 112 Å². The lowest BCUT2D eigenvalue weighted by Gasteiger charge is -2.06. The number of para-hydroxylation sites is 1. The molecule has 0 saturated carbocycles. The van der Waals surface area contributed by atoms with Crippen molar-refractivity contribution < 1.29 is 19.7 Å². The van der Waals surface area contributed by atoms with Crippen LogP contribution in [-0.4, -0.2) is 24.4 Å². The van der Waals surface area contributed by atoms with E-state index in [1.165, 1.54) is 14.2 Å². The van der Waals surface area contributed by atoms with Crippen LogP contribution in [0.3, 0.4) is 0 Å². The first kappa shape index (κ1) is 14.7. The number of benzene rings is 2. The minimum atomic E-state index is 0.0394. The normalized spacial score (nSPS) is 9.21. The third-order valence-corrected chi connectivity index (χ3v) is 2.40. The molecule has 0 atom stereocenters. The molecule has 0 aliphatic carbocycles. The van der Waals surface area contributed by atoms with Crippen molar-refractivity contribution in [2.45, 2.75) is 6.92 Å². The smallest absolute Gasteiger partial charge is 0.200 e. The Balaban J connectivity index is 0.000000200. The fraction of sp³-hybridized carbons (Fsp3) is 0.200. The van der Waals surface area contributed by atoms with Gasteiger partial charge in [0.05, 0.1) is 14.2 Å². The average Bonchev–Trinajstić information content (AvgIpc) is 2.39. The van der Waals surface area contributed by atoms with Crippen molar-refractivity contribution in [1.29, 1.82) is 0 Å². The second-order valence-electron chi connectivity index (χ2n) is 3.85. The van der Waals surface area contributed by atoms with Gasteiger partial charge in [0.25, 0.3) is 0 Å². The maximum Gasteiger partial charge on any atom is 0.200 e. The van der Waals surface area contributed by atoms with E-state index in [2.05, 4.69) is 0 Å². The number of ether oxygens (including phenoxy) is 2. The Morgan fingerprint density at radius 3 is 1.74 bits per heavy atom. The summed E-state index contributed by atoms with van der Waals surface area (Å²) < 4.78 is 9.71. The number of hydrogen-bond acceptors (Lipinski definition) is 4. The van der Waals surface area contributed by atoms with Crippen molar-refractivity contribution in [2.75, 3.05) is 14.2 Å². The molecule has 0 saturated heterocycles. The SMILES string of the molecule is COc1cccc(OC)c1O.Cc1cccc(O)c1. The van der Waals surface area contributed by atoms with Gasteiger partial charge < -0.3 is 19.7 Å². The predicted molar refractivity (Wildman–Crippen MR) is 74.1 cm³/mol. The van der Waals surface area contributed by atoms with E-state index in [1.54, 1.807) is 30.3 Å². The number of aromatic hydroxyl groups is 2. The number of phenolic OH excluding ortho intramolecular Hbond substituents is 2. The summed E-state index contributed by atoms with van der Waals surface area (Å²) in [5, 5.41) is 18.2. The zero-order valence-corrected chi connectivity index (χ0v) is 11.3. The molecule has 0 bridgehead atoms. The van der Waals surface area contributed by atoms with Crippen LogP contribution in [0.1, 0.15) is 5.56 Å². The highest BCUT2D eigenvalue weighted by atomic mass is 16.5. The van der Waals surface area contributed by atoms with Gasteiger partial charge in [-0.05, 0) is 36.8 Å². The van der Waals surface area contributed by atoms with Gasteiger partial charge in [-0.1, -0.05) is 18.2 Å². The second-order valence-corrected chi connectivity index (χ2v) is 3.85. The van der Waals surface area contributed by atoms with Gasteiger partial charge in [0, 0.05) is 0 Å². The number of phenols is 2. The zero-order valence-electron chi connectivity index (χ0n) is 11.3. The summed E-state index contributed by atoms with van der Waals surface area (Å²) in [7, 11) is 2.99. The number of methoxy groups -OCH3 is 2. The van der Waals surface area contributed by atoms with Crippen molar-refractivity contribution >= 4 is 0 Å².